The van der Waals surface area contributed by atoms with Crippen molar-refractivity contribution in [1.82, 2.24) is 4.31 Å². The van der Waals surface area contributed by atoms with E-state index in [0.29, 0.717) is 19.6 Å². The Morgan fingerprint density at radius 1 is 1.27 bits per heavy atom. The number of fused-ring (bicyclic) bond motifs is 2. The third-order valence-corrected chi connectivity index (χ3v) is 9.03. The fraction of sp³-hybridized carbons (Fsp3) is 0.682. The predicted molar refractivity (Wildman–Crippen MR) is 118 cm³/mol. The number of sulfonamides is 1. The molecule has 1 saturated carbocycles. The third kappa shape index (κ3) is 3.85. The summed E-state index contributed by atoms with van der Waals surface area (Å²) in [5.74, 6) is -0.0176. The molecule has 1 aliphatic carbocycles. The lowest BCUT2D eigenvalue weighted by molar-refractivity contribution is -0.132. The maximum atomic E-state index is 13.6. The molecule has 7 nitrogen and oxygen atoms in total. The summed E-state index contributed by atoms with van der Waals surface area (Å²) in [7, 11) is 0.293. The van der Waals surface area contributed by atoms with Gasteiger partial charge in [0.05, 0.1) is 17.8 Å². The largest absolute Gasteiger partial charge is 0.383 e. The topological polar surface area (TPSA) is 79.0 Å². The molecule has 1 N–H and O–H groups in total. The second kappa shape index (κ2) is 8.48. The number of aryl methyl sites for hydroxylation is 1. The molecule has 1 aromatic rings. The Morgan fingerprint density at radius 2 is 2.10 bits per heavy atom. The number of rotatable bonds is 5. The Labute approximate surface area is 179 Å². The maximum Gasteiger partial charge on any atom is 0.232 e. The van der Waals surface area contributed by atoms with Crippen molar-refractivity contribution in [3.05, 3.63) is 23.8 Å². The molecule has 2 fully saturated rings. The quantitative estimate of drug-likeness (QED) is 0.769. The molecule has 4 rings (SSSR count). The minimum absolute atomic E-state index is 0.0214. The smallest absolute Gasteiger partial charge is 0.232 e. The fourth-order valence-corrected chi connectivity index (χ4v) is 7.40. The molecule has 3 aliphatic rings. The number of hydrogen-bond acceptors (Lipinski definition) is 5. The van der Waals surface area contributed by atoms with Crippen LogP contribution in [0.4, 0.5) is 11.4 Å². The van der Waals surface area contributed by atoms with Gasteiger partial charge < -0.3 is 15.0 Å². The number of benzene rings is 1. The van der Waals surface area contributed by atoms with Gasteiger partial charge >= 0.3 is 0 Å². The minimum atomic E-state index is -3.36. The Hall–Kier alpha value is -1.64. The molecule has 1 amide bonds. The summed E-state index contributed by atoms with van der Waals surface area (Å²) < 4.78 is 32.3. The molecule has 0 unspecified atom stereocenters. The van der Waals surface area contributed by atoms with Crippen molar-refractivity contribution in [3.63, 3.8) is 0 Å². The van der Waals surface area contributed by atoms with Crippen LogP contribution in [0.3, 0.4) is 0 Å². The summed E-state index contributed by atoms with van der Waals surface area (Å²) in [4.78, 5) is 15.9. The number of amides is 1. The van der Waals surface area contributed by atoms with Gasteiger partial charge in [-0.15, -0.1) is 0 Å². The highest BCUT2D eigenvalue weighted by atomic mass is 32.2. The van der Waals surface area contributed by atoms with Gasteiger partial charge in [-0.2, -0.15) is 4.31 Å². The van der Waals surface area contributed by atoms with Crippen molar-refractivity contribution in [2.24, 2.45) is 5.41 Å². The van der Waals surface area contributed by atoms with E-state index in [1.807, 2.05) is 6.07 Å². The van der Waals surface area contributed by atoms with E-state index in [1.165, 1.54) is 11.3 Å². The number of carbonyl (C=O) groups excluding carboxylic acids is 1. The number of nitrogens with zero attached hydrogens (tertiary/aromatic N) is 2. The maximum absolute atomic E-state index is 13.6. The van der Waals surface area contributed by atoms with Crippen LogP contribution < -0.4 is 10.2 Å². The molecule has 0 bridgehead atoms. The van der Waals surface area contributed by atoms with Crippen molar-refractivity contribution in [1.29, 1.82) is 0 Å². The lowest BCUT2D eigenvalue weighted by atomic mass is 9.67. The molecule has 0 radical (unpaired) electrons. The van der Waals surface area contributed by atoms with E-state index in [4.69, 9.17) is 4.74 Å². The zero-order valence-corrected chi connectivity index (χ0v) is 18.8. The molecule has 30 heavy (non-hydrogen) atoms. The first-order valence-electron chi connectivity index (χ1n) is 11.0. The number of hydrogen-bond donors (Lipinski definition) is 1. The third-order valence-electron chi connectivity index (χ3n) is 7.16. The van der Waals surface area contributed by atoms with Crippen LogP contribution in [0.1, 0.15) is 44.1 Å². The van der Waals surface area contributed by atoms with Crippen molar-refractivity contribution < 1.29 is 17.9 Å². The molecule has 2 aliphatic heterocycles. The van der Waals surface area contributed by atoms with Gasteiger partial charge in [-0.05, 0) is 49.8 Å². The predicted octanol–water partition coefficient (Wildman–Crippen LogP) is 2.62. The molecule has 0 spiro atoms. The van der Waals surface area contributed by atoms with Gasteiger partial charge in [-0.1, -0.05) is 18.9 Å². The zero-order chi connectivity index (χ0) is 21.4. The van der Waals surface area contributed by atoms with Crippen molar-refractivity contribution in [2.75, 3.05) is 49.8 Å². The Kier molecular flexibility index (Phi) is 6.10. The van der Waals surface area contributed by atoms with Gasteiger partial charge in [-0.25, -0.2) is 8.42 Å². The van der Waals surface area contributed by atoms with Crippen LogP contribution in [0.15, 0.2) is 18.2 Å². The van der Waals surface area contributed by atoms with Crippen LogP contribution in [0, 0.1) is 5.41 Å². The van der Waals surface area contributed by atoms with E-state index in [2.05, 4.69) is 29.4 Å². The molecule has 2 atom stereocenters. The molecular formula is C22H33N3O4S. The lowest BCUT2D eigenvalue weighted by Crippen LogP contribution is -2.62. The van der Waals surface area contributed by atoms with Crippen LogP contribution in [-0.2, 0) is 26.0 Å². The molecule has 1 saturated heterocycles. The van der Waals surface area contributed by atoms with E-state index in [-0.39, 0.29) is 17.7 Å². The zero-order valence-electron chi connectivity index (χ0n) is 18.0. The van der Waals surface area contributed by atoms with Gasteiger partial charge in [0.1, 0.15) is 0 Å². The van der Waals surface area contributed by atoms with E-state index in [0.717, 1.165) is 50.8 Å². The van der Waals surface area contributed by atoms with E-state index >= 15 is 0 Å². The summed E-state index contributed by atoms with van der Waals surface area (Å²) in [6.07, 6.45) is 5.95. The van der Waals surface area contributed by atoms with Gasteiger partial charge in [0, 0.05) is 44.7 Å². The first-order valence-corrected chi connectivity index (χ1v) is 12.6. The summed E-state index contributed by atoms with van der Waals surface area (Å²) >= 11 is 0. The van der Waals surface area contributed by atoms with Gasteiger partial charge in [-0.3, -0.25) is 4.79 Å². The highest BCUT2D eigenvalue weighted by Crippen LogP contribution is 2.47. The highest BCUT2D eigenvalue weighted by molar-refractivity contribution is 7.89. The van der Waals surface area contributed by atoms with E-state index in [1.54, 1.807) is 11.4 Å². The fourth-order valence-electron chi connectivity index (χ4n) is 5.50. The normalized spacial score (nSPS) is 28.5. The summed E-state index contributed by atoms with van der Waals surface area (Å²) in [6, 6.07) is 5.85. The lowest BCUT2D eigenvalue weighted by Gasteiger charge is -2.50. The monoisotopic (exact) mass is 435 g/mol. The number of nitrogens with one attached hydrogen (secondary N) is 1. The highest BCUT2D eigenvalue weighted by Gasteiger charge is 2.55. The number of ether oxygens (including phenoxy) is 1. The standard InChI is InChI=1S/C22H33N3O4S/c1-24-12-5-6-17-8-9-18(16-19(17)24)23-21(26)22-10-4-3-7-20(22)25(13-14-29-2)30(27,28)15-11-22/h8-9,16,20H,3-7,10-15H2,1-2H3,(H,23,26)/t20-,22-/m1/s1. The van der Waals surface area contributed by atoms with Crippen molar-refractivity contribution in [3.8, 4) is 0 Å². The van der Waals surface area contributed by atoms with Crippen molar-refractivity contribution in [2.45, 2.75) is 51.0 Å². The average Bonchev–Trinajstić information content (AvgIpc) is 2.73. The van der Waals surface area contributed by atoms with E-state index in [9.17, 15) is 13.2 Å². The van der Waals surface area contributed by atoms with Crippen LogP contribution in [0.2, 0.25) is 0 Å². The molecule has 2 heterocycles. The van der Waals surface area contributed by atoms with Crippen LogP contribution in [-0.4, -0.2) is 64.3 Å². The van der Waals surface area contributed by atoms with Gasteiger partial charge in [0.2, 0.25) is 15.9 Å². The van der Waals surface area contributed by atoms with Gasteiger partial charge in [0.25, 0.3) is 0 Å². The first-order chi connectivity index (χ1) is 14.4. The minimum Gasteiger partial charge on any atom is -0.383 e. The average molecular weight is 436 g/mol. The molecule has 0 aromatic heterocycles. The number of methoxy groups -OCH3 is 1. The van der Waals surface area contributed by atoms with Crippen LogP contribution >= 0.6 is 0 Å². The summed E-state index contributed by atoms with van der Waals surface area (Å²) in [6.45, 7) is 1.66. The molecule has 166 valence electrons. The van der Waals surface area contributed by atoms with Crippen molar-refractivity contribution >= 4 is 27.3 Å². The number of anilines is 2. The SMILES string of the molecule is COCCN1[C@@H]2CCCC[C@@]2(C(=O)Nc2ccc3c(c2)N(C)CCC3)CCS1(=O)=O. The van der Waals surface area contributed by atoms with Crippen LogP contribution in [0.25, 0.3) is 0 Å². The first kappa shape index (κ1) is 21.6. The second-order valence-corrected chi connectivity index (χ2v) is 11.0. The Bertz CT molecular complexity index is 904. The van der Waals surface area contributed by atoms with E-state index < -0.39 is 15.4 Å². The number of carbonyl (C=O) groups is 1. The Morgan fingerprint density at radius 3 is 2.90 bits per heavy atom. The summed E-state index contributed by atoms with van der Waals surface area (Å²) in [5.41, 5.74) is 2.61. The molecule has 1 aromatic carbocycles. The van der Waals surface area contributed by atoms with Gasteiger partial charge in [0.15, 0.2) is 0 Å². The Balaban J connectivity index is 1.61. The molecular weight excluding hydrogens is 402 g/mol. The summed E-state index contributed by atoms with van der Waals surface area (Å²) in [5, 5.41) is 3.16. The van der Waals surface area contributed by atoms with Crippen LogP contribution in [0.5, 0.6) is 0 Å². The second-order valence-electron chi connectivity index (χ2n) is 8.91. The molecule has 8 heteroatoms.